The van der Waals surface area contributed by atoms with Gasteiger partial charge in [-0.1, -0.05) is 31.1 Å². The second kappa shape index (κ2) is 6.83. The summed E-state index contributed by atoms with van der Waals surface area (Å²) in [6, 6.07) is 7.94. The molecule has 150 valence electrons. The maximum absolute atomic E-state index is 13.1. The van der Waals surface area contributed by atoms with Crippen LogP contribution < -0.4 is 0 Å². The average Bonchev–Trinajstić information content (AvgIpc) is 3.38. The van der Waals surface area contributed by atoms with Crippen LogP contribution in [0.3, 0.4) is 0 Å². The van der Waals surface area contributed by atoms with E-state index in [1.165, 1.54) is 5.56 Å². The number of aromatic nitrogens is 4. The minimum Gasteiger partial charge on any atom is -0.334 e. The van der Waals surface area contributed by atoms with Crippen LogP contribution in [-0.2, 0) is 20.0 Å². The number of fused-ring (bicyclic) bond motifs is 1. The van der Waals surface area contributed by atoms with Crippen LogP contribution in [0.4, 0.5) is 0 Å². The van der Waals surface area contributed by atoms with Gasteiger partial charge < -0.3 is 9.42 Å². The molecule has 7 heteroatoms. The number of amides is 1. The zero-order chi connectivity index (χ0) is 20.1. The zero-order valence-electron chi connectivity index (χ0n) is 17.1. The molecule has 0 radical (unpaired) electrons. The Hall–Kier alpha value is -2.96. The lowest BCUT2D eigenvalue weighted by atomic mass is 10.0. The highest BCUT2D eigenvalue weighted by Crippen LogP contribution is 2.39. The smallest absolute Gasteiger partial charge is 0.278 e. The van der Waals surface area contributed by atoms with Gasteiger partial charge in [0.25, 0.3) is 11.8 Å². The van der Waals surface area contributed by atoms with Gasteiger partial charge in [-0.25, -0.2) is 0 Å². The van der Waals surface area contributed by atoms with E-state index in [0.717, 1.165) is 41.9 Å². The van der Waals surface area contributed by atoms with E-state index in [2.05, 4.69) is 29.1 Å². The van der Waals surface area contributed by atoms with Gasteiger partial charge in [0.1, 0.15) is 0 Å². The number of nitrogens with zero attached hydrogens (tertiary/aromatic N) is 5. The highest BCUT2D eigenvalue weighted by molar-refractivity contribution is 5.94. The van der Waals surface area contributed by atoms with Crippen molar-refractivity contribution in [2.24, 2.45) is 7.05 Å². The zero-order valence-corrected chi connectivity index (χ0v) is 17.1. The number of aryl methyl sites for hydroxylation is 1. The van der Waals surface area contributed by atoms with E-state index >= 15 is 0 Å². The molecule has 1 fully saturated rings. The quantitative estimate of drug-likeness (QED) is 0.678. The molecular formula is C22H25N5O2. The van der Waals surface area contributed by atoms with Crippen molar-refractivity contribution in [1.29, 1.82) is 0 Å². The minimum absolute atomic E-state index is 0.0463. The normalized spacial score (nSPS) is 16.3. The topological polar surface area (TPSA) is 77.1 Å². The van der Waals surface area contributed by atoms with Crippen molar-refractivity contribution in [2.75, 3.05) is 6.54 Å². The summed E-state index contributed by atoms with van der Waals surface area (Å²) in [6.07, 6.45) is 3.01. The van der Waals surface area contributed by atoms with Crippen molar-refractivity contribution in [1.82, 2.24) is 24.8 Å². The maximum atomic E-state index is 13.1. The molecule has 1 aliphatic heterocycles. The Bertz CT molecular complexity index is 1060. The van der Waals surface area contributed by atoms with Crippen molar-refractivity contribution >= 4 is 5.91 Å². The number of benzene rings is 1. The third-order valence-corrected chi connectivity index (χ3v) is 5.94. The molecule has 2 aliphatic rings. The molecule has 1 saturated carbocycles. The van der Waals surface area contributed by atoms with Gasteiger partial charge in [-0.15, -0.1) is 0 Å². The molecule has 0 N–H and O–H groups in total. The molecule has 0 bridgehead atoms. The first-order valence-electron chi connectivity index (χ1n) is 10.3. The lowest BCUT2D eigenvalue weighted by Gasteiger charge is -2.27. The Morgan fingerprint density at radius 2 is 1.97 bits per heavy atom. The number of rotatable bonds is 4. The van der Waals surface area contributed by atoms with E-state index < -0.39 is 0 Å². The molecule has 3 heterocycles. The first-order valence-corrected chi connectivity index (χ1v) is 10.3. The van der Waals surface area contributed by atoms with Crippen LogP contribution in [-0.4, -0.2) is 37.3 Å². The summed E-state index contributed by atoms with van der Waals surface area (Å²) in [4.78, 5) is 19.5. The Labute approximate surface area is 169 Å². The molecule has 1 aliphatic carbocycles. The van der Waals surface area contributed by atoms with Gasteiger partial charge in [0, 0.05) is 42.8 Å². The Balaban J connectivity index is 1.41. The Morgan fingerprint density at radius 3 is 2.66 bits per heavy atom. The van der Waals surface area contributed by atoms with Gasteiger partial charge in [-0.05, 0) is 36.5 Å². The average molecular weight is 391 g/mol. The molecule has 0 spiro atoms. The molecular weight excluding hydrogens is 366 g/mol. The largest absolute Gasteiger partial charge is 0.334 e. The first kappa shape index (κ1) is 18.1. The van der Waals surface area contributed by atoms with Crippen LogP contribution in [0.1, 0.15) is 71.5 Å². The molecule has 0 saturated heterocycles. The molecule has 1 amide bonds. The number of carbonyl (C=O) groups excluding carboxylic acids is 1. The van der Waals surface area contributed by atoms with E-state index in [0.29, 0.717) is 36.5 Å². The third kappa shape index (κ3) is 3.24. The lowest BCUT2D eigenvalue weighted by molar-refractivity contribution is 0.0733. The minimum atomic E-state index is 0.0463. The molecule has 0 atom stereocenters. The van der Waals surface area contributed by atoms with Crippen molar-refractivity contribution in [3.63, 3.8) is 0 Å². The fraction of sp³-hybridized carbons (Fsp3) is 0.455. The Morgan fingerprint density at radius 1 is 1.21 bits per heavy atom. The fourth-order valence-corrected chi connectivity index (χ4v) is 3.97. The molecule has 5 rings (SSSR count). The van der Waals surface area contributed by atoms with E-state index in [4.69, 9.17) is 4.52 Å². The van der Waals surface area contributed by atoms with E-state index in [1.54, 1.807) is 0 Å². The summed E-state index contributed by atoms with van der Waals surface area (Å²) in [5, 5.41) is 8.76. The van der Waals surface area contributed by atoms with E-state index in [1.807, 2.05) is 40.9 Å². The number of hydrogen-bond donors (Lipinski definition) is 0. The van der Waals surface area contributed by atoms with E-state index in [-0.39, 0.29) is 5.91 Å². The summed E-state index contributed by atoms with van der Waals surface area (Å²) in [5.41, 5.74) is 4.80. The van der Waals surface area contributed by atoms with Crippen LogP contribution in [0, 0.1) is 0 Å². The number of carbonyl (C=O) groups is 1. The summed E-state index contributed by atoms with van der Waals surface area (Å²) >= 11 is 0. The number of hydrogen-bond acceptors (Lipinski definition) is 5. The molecule has 3 aromatic rings. The summed E-state index contributed by atoms with van der Waals surface area (Å²) < 4.78 is 7.39. The highest BCUT2D eigenvalue weighted by Gasteiger charge is 2.32. The fourth-order valence-electron chi connectivity index (χ4n) is 3.97. The Kier molecular flexibility index (Phi) is 4.26. The summed E-state index contributed by atoms with van der Waals surface area (Å²) in [7, 11) is 1.93. The van der Waals surface area contributed by atoms with Gasteiger partial charge in [0.05, 0.1) is 6.54 Å². The van der Waals surface area contributed by atoms with Gasteiger partial charge in [-0.3, -0.25) is 9.48 Å². The standard InChI is InChI=1S/C22H25N5O2/c1-13(2)14-4-8-16(9-5-14)22(28)27-11-10-18-17(12-27)19(24-26(18)3)21-23-20(25-29-21)15-6-7-15/h4-5,8-9,13,15H,6-7,10-12H2,1-3H3. The van der Waals surface area contributed by atoms with Gasteiger partial charge in [0.2, 0.25) is 0 Å². The molecule has 7 nitrogen and oxygen atoms in total. The van der Waals surface area contributed by atoms with Gasteiger partial charge >= 0.3 is 0 Å². The van der Waals surface area contributed by atoms with Gasteiger partial charge in [-0.2, -0.15) is 10.1 Å². The molecule has 29 heavy (non-hydrogen) atoms. The molecule has 0 unspecified atom stereocenters. The van der Waals surface area contributed by atoms with Crippen molar-refractivity contribution in [3.05, 3.63) is 52.5 Å². The van der Waals surface area contributed by atoms with Crippen molar-refractivity contribution in [3.8, 4) is 11.6 Å². The maximum Gasteiger partial charge on any atom is 0.278 e. The summed E-state index contributed by atoms with van der Waals surface area (Å²) in [5.74, 6) is 2.15. The molecule has 1 aromatic carbocycles. The van der Waals surface area contributed by atoms with Crippen LogP contribution in [0.2, 0.25) is 0 Å². The SMILES string of the molecule is CC(C)c1ccc(C(=O)N2CCc3c(c(-c4nc(C5CC5)no4)nn3C)C2)cc1. The lowest BCUT2D eigenvalue weighted by Crippen LogP contribution is -2.36. The predicted octanol–water partition coefficient (Wildman–Crippen LogP) is 3.67. The molecule has 2 aromatic heterocycles. The van der Waals surface area contributed by atoms with Crippen LogP contribution in [0.25, 0.3) is 11.6 Å². The van der Waals surface area contributed by atoms with Crippen LogP contribution in [0.15, 0.2) is 28.8 Å². The van der Waals surface area contributed by atoms with Crippen LogP contribution in [0.5, 0.6) is 0 Å². The highest BCUT2D eigenvalue weighted by atomic mass is 16.5. The van der Waals surface area contributed by atoms with Crippen LogP contribution >= 0.6 is 0 Å². The first-order chi connectivity index (χ1) is 14.0. The van der Waals surface area contributed by atoms with Crippen molar-refractivity contribution < 1.29 is 9.32 Å². The second-order valence-corrected chi connectivity index (χ2v) is 8.38. The second-order valence-electron chi connectivity index (χ2n) is 8.38. The monoisotopic (exact) mass is 391 g/mol. The van der Waals surface area contributed by atoms with E-state index in [9.17, 15) is 4.79 Å². The predicted molar refractivity (Wildman–Crippen MR) is 107 cm³/mol. The van der Waals surface area contributed by atoms with Crippen molar-refractivity contribution in [2.45, 2.75) is 51.5 Å². The third-order valence-electron chi connectivity index (χ3n) is 5.94. The summed E-state index contributed by atoms with van der Waals surface area (Å²) in [6.45, 7) is 5.48. The van der Waals surface area contributed by atoms with Gasteiger partial charge in [0.15, 0.2) is 11.5 Å².